The molecule has 6 nitrogen and oxygen atoms in total. The molecule has 1 aromatic carbocycles. The van der Waals surface area contributed by atoms with E-state index in [1.54, 1.807) is 0 Å². The van der Waals surface area contributed by atoms with Crippen molar-refractivity contribution in [3.05, 3.63) is 29.5 Å². The van der Waals surface area contributed by atoms with Gasteiger partial charge in [-0.3, -0.25) is 4.79 Å². The highest BCUT2D eigenvalue weighted by Crippen LogP contribution is 2.29. The Kier molecular flexibility index (Phi) is 5.44. The lowest BCUT2D eigenvalue weighted by Crippen LogP contribution is -2.44. The van der Waals surface area contributed by atoms with Gasteiger partial charge >= 0.3 is 0 Å². The number of carbonyl (C=O) groups excluding carboxylic acids is 1. The van der Waals surface area contributed by atoms with E-state index in [1.807, 2.05) is 17.0 Å². The number of piperidine rings is 1. The third kappa shape index (κ3) is 3.68. The zero-order valence-corrected chi connectivity index (χ0v) is 17.4. The van der Waals surface area contributed by atoms with Crippen LogP contribution in [0.4, 0.5) is 0 Å². The van der Waals surface area contributed by atoms with Crippen LogP contribution in [-0.2, 0) is 4.79 Å². The molecule has 148 valence electrons. The first-order valence-electron chi connectivity index (χ1n) is 9.92. The SMILES string of the molecule is CCC1CCCCN1C(=O)CSc1nnc(-c2ccc3[nH]c(C)c(C)c3c2)o1. The topological polar surface area (TPSA) is 75.0 Å². The molecule has 2 aromatic heterocycles. The summed E-state index contributed by atoms with van der Waals surface area (Å²) in [6.07, 6.45) is 4.44. The van der Waals surface area contributed by atoms with Crippen molar-refractivity contribution in [3.63, 3.8) is 0 Å². The molecule has 28 heavy (non-hydrogen) atoms. The van der Waals surface area contributed by atoms with Crippen LogP contribution in [0.25, 0.3) is 22.4 Å². The van der Waals surface area contributed by atoms with Crippen molar-refractivity contribution in [1.82, 2.24) is 20.1 Å². The molecule has 0 spiro atoms. The fraction of sp³-hybridized carbons (Fsp3) is 0.476. The molecule has 3 aromatic rings. The number of amides is 1. The van der Waals surface area contributed by atoms with Gasteiger partial charge in [-0.1, -0.05) is 18.7 Å². The Morgan fingerprint density at radius 2 is 2.18 bits per heavy atom. The van der Waals surface area contributed by atoms with Gasteiger partial charge in [-0.15, -0.1) is 10.2 Å². The van der Waals surface area contributed by atoms with Crippen LogP contribution >= 0.6 is 11.8 Å². The number of thioether (sulfide) groups is 1. The monoisotopic (exact) mass is 398 g/mol. The second-order valence-electron chi connectivity index (χ2n) is 7.44. The number of nitrogens with zero attached hydrogens (tertiary/aromatic N) is 3. The van der Waals surface area contributed by atoms with Crippen LogP contribution in [0.3, 0.4) is 0 Å². The second kappa shape index (κ2) is 7.99. The number of benzene rings is 1. The zero-order chi connectivity index (χ0) is 19.7. The maximum Gasteiger partial charge on any atom is 0.277 e. The second-order valence-corrected chi connectivity index (χ2v) is 8.37. The van der Waals surface area contributed by atoms with E-state index in [0.717, 1.165) is 48.0 Å². The van der Waals surface area contributed by atoms with Crippen LogP contribution in [-0.4, -0.2) is 44.3 Å². The van der Waals surface area contributed by atoms with Crippen LogP contribution in [0.5, 0.6) is 0 Å². The van der Waals surface area contributed by atoms with Crippen LogP contribution in [0.1, 0.15) is 43.9 Å². The Balaban J connectivity index is 1.44. The predicted octanol–water partition coefficient (Wildman–Crippen LogP) is 4.72. The van der Waals surface area contributed by atoms with E-state index >= 15 is 0 Å². The van der Waals surface area contributed by atoms with E-state index in [2.05, 4.69) is 42.0 Å². The Labute approximate surface area is 169 Å². The van der Waals surface area contributed by atoms with Gasteiger partial charge in [-0.2, -0.15) is 0 Å². The summed E-state index contributed by atoms with van der Waals surface area (Å²) in [4.78, 5) is 18.0. The number of fused-ring (bicyclic) bond motifs is 1. The van der Waals surface area contributed by atoms with Crippen molar-refractivity contribution >= 4 is 28.6 Å². The number of nitrogens with one attached hydrogen (secondary N) is 1. The average Bonchev–Trinajstić information content (AvgIpc) is 3.30. The predicted molar refractivity (Wildman–Crippen MR) is 111 cm³/mol. The lowest BCUT2D eigenvalue weighted by Gasteiger charge is -2.35. The summed E-state index contributed by atoms with van der Waals surface area (Å²) in [7, 11) is 0. The highest BCUT2D eigenvalue weighted by Gasteiger charge is 2.25. The molecule has 1 fully saturated rings. The molecule has 1 amide bonds. The van der Waals surface area contributed by atoms with E-state index in [9.17, 15) is 4.79 Å². The molecule has 7 heteroatoms. The molecule has 4 rings (SSSR count). The summed E-state index contributed by atoms with van der Waals surface area (Å²) in [6.45, 7) is 7.18. The summed E-state index contributed by atoms with van der Waals surface area (Å²) in [6, 6.07) is 6.46. The van der Waals surface area contributed by atoms with Crippen LogP contribution in [0.15, 0.2) is 27.8 Å². The number of carbonyl (C=O) groups is 1. The third-order valence-electron chi connectivity index (χ3n) is 5.70. The standard InChI is InChI=1S/C21H26N4O2S/c1-4-16-7-5-6-10-25(16)19(26)12-28-21-24-23-20(27-21)15-8-9-18-17(11-15)13(2)14(3)22-18/h8-9,11,16,22H,4-7,10,12H2,1-3H3. The molecule has 1 N–H and O–H groups in total. The third-order valence-corrected chi connectivity index (χ3v) is 6.50. The molecule has 1 aliphatic heterocycles. The average molecular weight is 399 g/mol. The Morgan fingerprint density at radius 3 is 3.00 bits per heavy atom. The molecule has 1 saturated heterocycles. The summed E-state index contributed by atoms with van der Waals surface area (Å²) in [5.41, 5.74) is 4.38. The van der Waals surface area contributed by atoms with E-state index in [4.69, 9.17) is 4.42 Å². The number of likely N-dealkylation sites (tertiary alicyclic amines) is 1. The van der Waals surface area contributed by atoms with Crippen molar-refractivity contribution in [1.29, 1.82) is 0 Å². The first-order chi connectivity index (χ1) is 13.6. The molecule has 0 bridgehead atoms. The first-order valence-corrected chi connectivity index (χ1v) is 10.9. The number of aromatic nitrogens is 3. The molecule has 0 aliphatic carbocycles. The number of H-pyrrole nitrogens is 1. The number of aryl methyl sites for hydroxylation is 2. The lowest BCUT2D eigenvalue weighted by molar-refractivity contribution is -0.132. The number of rotatable bonds is 5. The van der Waals surface area contributed by atoms with Gasteiger partial charge in [0.25, 0.3) is 5.22 Å². The summed E-state index contributed by atoms with van der Waals surface area (Å²) in [5, 5.41) is 9.90. The van der Waals surface area contributed by atoms with E-state index in [1.165, 1.54) is 23.7 Å². The lowest BCUT2D eigenvalue weighted by atomic mass is 10.0. The minimum Gasteiger partial charge on any atom is -0.411 e. The smallest absolute Gasteiger partial charge is 0.277 e. The molecule has 1 aliphatic rings. The summed E-state index contributed by atoms with van der Waals surface area (Å²) < 4.78 is 5.82. The van der Waals surface area contributed by atoms with E-state index in [-0.39, 0.29) is 5.91 Å². The molecular formula is C21H26N4O2S. The number of aromatic amines is 1. The van der Waals surface area contributed by atoms with Gasteiger partial charge in [0.05, 0.1) is 5.75 Å². The molecule has 0 saturated carbocycles. The van der Waals surface area contributed by atoms with Gasteiger partial charge in [-0.25, -0.2) is 0 Å². The molecule has 1 atom stereocenters. The van der Waals surface area contributed by atoms with Gasteiger partial charge in [0.1, 0.15) is 0 Å². The highest BCUT2D eigenvalue weighted by molar-refractivity contribution is 7.99. The van der Waals surface area contributed by atoms with Crippen molar-refractivity contribution < 1.29 is 9.21 Å². The van der Waals surface area contributed by atoms with Gasteiger partial charge < -0.3 is 14.3 Å². The minimum atomic E-state index is 0.163. The largest absolute Gasteiger partial charge is 0.411 e. The highest BCUT2D eigenvalue weighted by atomic mass is 32.2. The van der Waals surface area contributed by atoms with Gasteiger partial charge in [-0.05, 0) is 63.3 Å². The fourth-order valence-corrected chi connectivity index (χ4v) is 4.59. The van der Waals surface area contributed by atoms with Gasteiger partial charge in [0.2, 0.25) is 11.8 Å². The van der Waals surface area contributed by atoms with Crippen molar-refractivity contribution in [2.75, 3.05) is 12.3 Å². The van der Waals surface area contributed by atoms with Crippen LogP contribution in [0, 0.1) is 13.8 Å². The Morgan fingerprint density at radius 1 is 1.32 bits per heavy atom. The molecule has 0 radical (unpaired) electrons. The van der Waals surface area contributed by atoms with Gasteiger partial charge in [0.15, 0.2) is 0 Å². The van der Waals surface area contributed by atoms with E-state index < -0.39 is 0 Å². The summed E-state index contributed by atoms with van der Waals surface area (Å²) >= 11 is 1.32. The quantitative estimate of drug-likeness (QED) is 0.630. The maximum absolute atomic E-state index is 12.6. The van der Waals surface area contributed by atoms with Crippen molar-refractivity contribution in [3.8, 4) is 11.5 Å². The van der Waals surface area contributed by atoms with Crippen molar-refractivity contribution in [2.24, 2.45) is 0 Å². The van der Waals surface area contributed by atoms with Crippen molar-refractivity contribution in [2.45, 2.75) is 57.7 Å². The molecular weight excluding hydrogens is 372 g/mol. The molecule has 3 heterocycles. The first kappa shape index (κ1) is 19.1. The zero-order valence-electron chi connectivity index (χ0n) is 16.6. The fourth-order valence-electron chi connectivity index (χ4n) is 3.94. The van der Waals surface area contributed by atoms with Gasteiger partial charge in [0, 0.05) is 34.7 Å². The Hall–Kier alpha value is -2.28. The van der Waals surface area contributed by atoms with Crippen LogP contribution in [0.2, 0.25) is 0 Å². The Bertz CT molecular complexity index is 994. The number of hydrogen-bond acceptors (Lipinski definition) is 5. The summed E-state index contributed by atoms with van der Waals surface area (Å²) in [5.74, 6) is 0.989. The van der Waals surface area contributed by atoms with E-state index in [0.29, 0.717) is 22.9 Å². The maximum atomic E-state index is 12.6. The molecule has 1 unspecified atom stereocenters. The number of hydrogen-bond donors (Lipinski definition) is 1. The normalized spacial score (nSPS) is 17.4. The minimum absolute atomic E-state index is 0.163. The van der Waals surface area contributed by atoms with Crippen LogP contribution < -0.4 is 0 Å².